The fourth-order valence-electron chi connectivity index (χ4n) is 3.34. The average Bonchev–Trinajstić information content (AvgIpc) is 3.52. The molecule has 0 bridgehead atoms. The molecule has 0 atom stereocenters. The van der Waals surface area contributed by atoms with Crippen molar-refractivity contribution in [1.82, 2.24) is 20.2 Å². The van der Waals surface area contributed by atoms with Gasteiger partial charge in [0.2, 0.25) is 0 Å². The normalized spacial score (nSPS) is 13.2. The number of aryl methyl sites for hydroxylation is 1. The number of aromatic amines is 1. The number of carbonyl (C=O) groups is 2. The van der Waals surface area contributed by atoms with Gasteiger partial charge in [-0.05, 0) is 55.2 Å². The second-order valence-corrected chi connectivity index (χ2v) is 7.74. The second kappa shape index (κ2) is 8.95. The highest BCUT2D eigenvalue weighted by molar-refractivity contribution is 5.89. The summed E-state index contributed by atoms with van der Waals surface area (Å²) in [6.45, 7) is 3.48. The van der Waals surface area contributed by atoms with Gasteiger partial charge in [-0.15, -0.1) is 0 Å². The van der Waals surface area contributed by atoms with Crippen LogP contribution in [0.15, 0.2) is 55.4 Å². The minimum atomic E-state index is 0.0172. The van der Waals surface area contributed by atoms with Crippen molar-refractivity contribution in [3.63, 3.8) is 0 Å². The van der Waals surface area contributed by atoms with Crippen LogP contribution in [0.5, 0.6) is 0 Å². The Morgan fingerprint density at radius 3 is 2.63 bits per heavy atom. The van der Waals surface area contributed by atoms with Crippen molar-refractivity contribution >= 4 is 11.6 Å². The van der Waals surface area contributed by atoms with E-state index in [1.54, 1.807) is 12.4 Å². The van der Waals surface area contributed by atoms with E-state index >= 15 is 0 Å². The van der Waals surface area contributed by atoms with Crippen LogP contribution in [0.25, 0.3) is 11.3 Å². The lowest BCUT2D eigenvalue weighted by Crippen LogP contribution is -2.07. The zero-order valence-electron chi connectivity index (χ0n) is 16.8. The number of carbonyl (C=O) groups excluding carboxylic acids is 2. The van der Waals surface area contributed by atoms with E-state index in [1.807, 2.05) is 30.3 Å². The first kappa shape index (κ1) is 19.9. The topological polar surface area (TPSA) is 88.6 Å². The van der Waals surface area contributed by atoms with Gasteiger partial charge in [-0.25, -0.2) is 0 Å². The Kier molecular flexibility index (Phi) is 5.93. The Morgan fingerprint density at radius 1 is 1.10 bits per heavy atom. The highest BCUT2D eigenvalue weighted by Crippen LogP contribution is 2.39. The van der Waals surface area contributed by atoms with Gasteiger partial charge in [-0.2, -0.15) is 5.10 Å². The van der Waals surface area contributed by atoms with Crippen molar-refractivity contribution in [1.29, 1.82) is 0 Å². The van der Waals surface area contributed by atoms with Crippen LogP contribution in [0, 0.1) is 0 Å². The Morgan fingerprint density at radius 2 is 1.97 bits per heavy atom. The van der Waals surface area contributed by atoms with E-state index in [4.69, 9.17) is 0 Å². The van der Waals surface area contributed by atoms with Gasteiger partial charge in [0, 0.05) is 54.5 Å². The fourth-order valence-corrected chi connectivity index (χ4v) is 3.34. The van der Waals surface area contributed by atoms with Gasteiger partial charge in [-0.1, -0.05) is 12.6 Å². The number of nitrogens with zero attached hydrogens (tertiary/aromatic N) is 3. The van der Waals surface area contributed by atoms with E-state index in [2.05, 4.69) is 26.7 Å². The van der Waals surface area contributed by atoms with Gasteiger partial charge < -0.3 is 0 Å². The Hall–Kier alpha value is -3.41. The molecule has 1 fully saturated rings. The quantitative estimate of drug-likeness (QED) is 0.523. The number of H-pyrrole nitrogens is 1. The van der Waals surface area contributed by atoms with Gasteiger partial charge in [0.15, 0.2) is 5.78 Å². The molecule has 30 heavy (non-hydrogen) atoms. The molecule has 6 nitrogen and oxygen atoms in total. The molecule has 0 spiro atoms. The molecule has 1 aliphatic rings. The summed E-state index contributed by atoms with van der Waals surface area (Å²) in [5.41, 5.74) is 5.41. The van der Waals surface area contributed by atoms with E-state index in [0.29, 0.717) is 31.6 Å². The molecule has 0 aliphatic heterocycles. The molecule has 3 aromatic heterocycles. The van der Waals surface area contributed by atoms with Crippen molar-refractivity contribution < 1.29 is 9.59 Å². The molecule has 3 aromatic rings. The van der Waals surface area contributed by atoms with Crippen molar-refractivity contribution in [2.45, 2.75) is 44.4 Å². The molecule has 6 heteroatoms. The lowest BCUT2D eigenvalue weighted by atomic mass is 10.1. The number of Topliss-reactive ketones (excluding diaryl/α,β-unsaturated/α-hetero) is 1. The highest BCUT2D eigenvalue weighted by atomic mass is 16.1. The largest absolute Gasteiger partial charge is 0.299 e. The maximum absolute atomic E-state index is 12.4. The number of ketones is 2. The summed E-state index contributed by atoms with van der Waals surface area (Å²) in [5, 5.41) is 7.28. The first-order valence-electron chi connectivity index (χ1n) is 10.2. The van der Waals surface area contributed by atoms with Crippen molar-refractivity contribution in [3.8, 4) is 11.3 Å². The molecule has 0 radical (unpaired) electrons. The summed E-state index contributed by atoms with van der Waals surface area (Å²) in [5.74, 6) is 0.735. The van der Waals surface area contributed by atoms with Crippen LogP contribution in [-0.2, 0) is 28.9 Å². The molecule has 1 N–H and O–H groups in total. The second-order valence-electron chi connectivity index (χ2n) is 7.74. The van der Waals surface area contributed by atoms with Crippen LogP contribution >= 0.6 is 0 Å². The molecule has 0 aromatic carbocycles. The van der Waals surface area contributed by atoms with E-state index < -0.39 is 0 Å². The maximum atomic E-state index is 12.4. The zero-order chi connectivity index (χ0) is 20.9. The fraction of sp³-hybridized carbons (Fsp3) is 0.292. The Bertz CT molecular complexity index is 1050. The molecule has 152 valence electrons. The van der Waals surface area contributed by atoms with Crippen LogP contribution in [0.3, 0.4) is 0 Å². The Labute approximate surface area is 175 Å². The van der Waals surface area contributed by atoms with Gasteiger partial charge in [-0.3, -0.25) is 24.7 Å². The van der Waals surface area contributed by atoms with Crippen LogP contribution in [0.1, 0.15) is 47.8 Å². The lowest BCUT2D eigenvalue weighted by Gasteiger charge is -2.05. The predicted molar refractivity (Wildman–Crippen MR) is 114 cm³/mol. The molecule has 1 aliphatic carbocycles. The molecule has 4 rings (SSSR count). The molecular weight excluding hydrogens is 376 g/mol. The van der Waals surface area contributed by atoms with Crippen molar-refractivity contribution in [2.75, 3.05) is 0 Å². The third-order valence-electron chi connectivity index (χ3n) is 5.24. The molecule has 1 saturated carbocycles. The number of pyridine rings is 2. The predicted octanol–water partition coefficient (Wildman–Crippen LogP) is 3.79. The van der Waals surface area contributed by atoms with Crippen LogP contribution in [-0.4, -0.2) is 31.7 Å². The summed E-state index contributed by atoms with van der Waals surface area (Å²) >= 11 is 0. The van der Waals surface area contributed by atoms with Crippen molar-refractivity contribution in [3.05, 3.63) is 78.0 Å². The summed E-state index contributed by atoms with van der Waals surface area (Å²) in [6.07, 6.45) is 8.96. The van der Waals surface area contributed by atoms with Gasteiger partial charge in [0.25, 0.3) is 0 Å². The van der Waals surface area contributed by atoms with Gasteiger partial charge >= 0.3 is 0 Å². The van der Waals surface area contributed by atoms with E-state index in [-0.39, 0.29) is 11.6 Å². The van der Waals surface area contributed by atoms with Crippen molar-refractivity contribution in [2.24, 2.45) is 0 Å². The molecule has 0 amide bonds. The van der Waals surface area contributed by atoms with E-state index in [9.17, 15) is 9.59 Å². The average molecular weight is 400 g/mol. The third kappa shape index (κ3) is 5.14. The van der Waals surface area contributed by atoms with Gasteiger partial charge in [0.05, 0.1) is 11.4 Å². The molecule has 3 heterocycles. The summed E-state index contributed by atoms with van der Waals surface area (Å²) in [7, 11) is 0. The van der Waals surface area contributed by atoms with E-state index in [0.717, 1.165) is 33.9 Å². The van der Waals surface area contributed by atoms with E-state index in [1.165, 1.54) is 18.9 Å². The molecular formula is C24H24N4O2. The number of aromatic nitrogens is 4. The molecule has 0 unspecified atom stereocenters. The first-order valence-corrected chi connectivity index (χ1v) is 10.2. The Balaban J connectivity index is 1.32. The third-order valence-corrected chi connectivity index (χ3v) is 5.24. The highest BCUT2D eigenvalue weighted by Gasteiger charge is 2.26. The minimum absolute atomic E-state index is 0.0172. The number of hydrogen-bond acceptors (Lipinski definition) is 5. The number of allylic oxidation sites excluding steroid dienone is 1. The standard InChI is InChI=1S/C24H24N4O2/c1-2-21(29)9-8-19-7-6-18(15-25-19)23-10-3-16(14-26-23)11-22(30)12-20-13-24(28-27-20)17-4-5-17/h2-3,6-7,10,13-15,17H,1,4-5,8-9,11-12H2,(H,27,28). The monoisotopic (exact) mass is 400 g/mol. The SMILES string of the molecule is C=CC(=O)CCc1ccc(-c2ccc(CC(=O)Cc3cc(C4CC4)n[nH]3)cn2)cn1. The molecule has 0 saturated heterocycles. The summed E-state index contributed by atoms with van der Waals surface area (Å²) in [6, 6.07) is 9.71. The minimum Gasteiger partial charge on any atom is -0.299 e. The van der Waals surface area contributed by atoms with Crippen LogP contribution in [0.2, 0.25) is 0 Å². The number of hydrogen-bond donors (Lipinski definition) is 1. The van der Waals surface area contributed by atoms with Crippen LogP contribution in [0.4, 0.5) is 0 Å². The first-order chi connectivity index (χ1) is 14.6. The van der Waals surface area contributed by atoms with Gasteiger partial charge in [0.1, 0.15) is 5.78 Å². The number of rotatable bonds is 10. The number of nitrogens with one attached hydrogen (secondary N) is 1. The smallest absolute Gasteiger partial charge is 0.155 e. The maximum Gasteiger partial charge on any atom is 0.155 e. The lowest BCUT2D eigenvalue weighted by molar-refractivity contribution is -0.118. The zero-order valence-corrected chi connectivity index (χ0v) is 16.8. The summed E-state index contributed by atoms with van der Waals surface area (Å²) < 4.78 is 0. The summed E-state index contributed by atoms with van der Waals surface area (Å²) in [4.78, 5) is 32.6. The van der Waals surface area contributed by atoms with Crippen LogP contribution < -0.4 is 0 Å².